The van der Waals surface area contributed by atoms with Gasteiger partial charge in [-0.2, -0.15) is 0 Å². The molecule has 79 valence electrons. The summed E-state index contributed by atoms with van der Waals surface area (Å²) in [5, 5.41) is 0. The lowest BCUT2D eigenvalue weighted by molar-refractivity contribution is -0.120. The van der Waals surface area contributed by atoms with Crippen molar-refractivity contribution < 1.29 is 14.2 Å². The van der Waals surface area contributed by atoms with Crippen molar-refractivity contribution in [1.82, 2.24) is 0 Å². The second kappa shape index (κ2) is 9.96. The van der Waals surface area contributed by atoms with Crippen molar-refractivity contribution in [2.45, 2.75) is 33.0 Å². The van der Waals surface area contributed by atoms with Crippen molar-refractivity contribution in [2.75, 3.05) is 26.4 Å². The molecule has 3 nitrogen and oxygen atoms in total. The molecule has 1 unspecified atom stereocenters. The zero-order valence-corrected chi connectivity index (χ0v) is 8.75. The lowest BCUT2D eigenvalue weighted by Crippen LogP contribution is -2.16. The summed E-state index contributed by atoms with van der Waals surface area (Å²) < 4.78 is 15.6. The van der Waals surface area contributed by atoms with E-state index < -0.39 is 0 Å². The van der Waals surface area contributed by atoms with Crippen LogP contribution in [0.4, 0.5) is 0 Å². The molecule has 13 heavy (non-hydrogen) atoms. The maximum atomic E-state index is 5.29. The molecule has 1 radical (unpaired) electrons. The van der Waals surface area contributed by atoms with Crippen LogP contribution in [0.15, 0.2) is 0 Å². The van der Waals surface area contributed by atoms with Gasteiger partial charge in [0, 0.05) is 20.1 Å². The lowest BCUT2D eigenvalue weighted by atomic mass is 10.4. The quantitative estimate of drug-likeness (QED) is 0.410. The van der Waals surface area contributed by atoms with Crippen molar-refractivity contribution in [3.05, 3.63) is 6.92 Å². The average molecular weight is 189 g/mol. The van der Waals surface area contributed by atoms with E-state index in [4.69, 9.17) is 14.2 Å². The summed E-state index contributed by atoms with van der Waals surface area (Å²) in [7, 11) is 0. The van der Waals surface area contributed by atoms with Crippen LogP contribution in [-0.2, 0) is 14.2 Å². The Morgan fingerprint density at radius 3 is 2.46 bits per heavy atom. The first-order chi connectivity index (χ1) is 6.31. The summed E-state index contributed by atoms with van der Waals surface area (Å²) in [5.41, 5.74) is 0. The van der Waals surface area contributed by atoms with Crippen molar-refractivity contribution in [1.29, 1.82) is 0 Å². The molecule has 0 aliphatic heterocycles. The van der Waals surface area contributed by atoms with Gasteiger partial charge in [0.05, 0.1) is 13.2 Å². The van der Waals surface area contributed by atoms with Crippen LogP contribution in [0.3, 0.4) is 0 Å². The predicted molar refractivity (Wildman–Crippen MR) is 52.5 cm³/mol. The Labute approximate surface area is 81.4 Å². The predicted octanol–water partition coefficient (Wildman–Crippen LogP) is 2.02. The Morgan fingerprint density at radius 2 is 1.85 bits per heavy atom. The third kappa shape index (κ3) is 9.80. The standard InChI is InChI=1S/C10H21O3/c1-4-6-7-11-8-9-13-10(3)12-5-2/h10H,3-9H2,1-2H3. The van der Waals surface area contributed by atoms with Gasteiger partial charge < -0.3 is 14.2 Å². The highest BCUT2D eigenvalue weighted by atomic mass is 16.7. The molecular weight excluding hydrogens is 168 g/mol. The Hall–Kier alpha value is -0.120. The average Bonchev–Trinajstić information content (AvgIpc) is 2.11. The van der Waals surface area contributed by atoms with Gasteiger partial charge in [-0.25, -0.2) is 0 Å². The molecule has 0 fully saturated rings. The van der Waals surface area contributed by atoms with E-state index in [0.29, 0.717) is 19.8 Å². The summed E-state index contributed by atoms with van der Waals surface area (Å²) >= 11 is 0. The second-order valence-electron chi connectivity index (χ2n) is 2.72. The van der Waals surface area contributed by atoms with Gasteiger partial charge in [-0.3, -0.25) is 0 Å². The van der Waals surface area contributed by atoms with Crippen molar-refractivity contribution in [3.63, 3.8) is 0 Å². The Balaban J connectivity index is 2.97. The van der Waals surface area contributed by atoms with E-state index in [-0.39, 0.29) is 6.29 Å². The topological polar surface area (TPSA) is 27.7 Å². The van der Waals surface area contributed by atoms with Crippen molar-refractivity contribution in [3.8, 4) is 0 Å². The first-order valence-corrected chi connectivity index (χ1v) is 4.95. The number of rotatable bonds is 9. The maximum absolute atomic E-state index is 5.29. The van der Waals surface area contributed by atoms with E-state index in [1.54, 1.807) is 0 Å². The smallest absolute Gasteiger partial charge is 0.157 e. The van der Waals surface area contributed by atoms with Gasteiger partial charge >= 0.3 is 0 Å². The van der Waals surface area contributed by atoms with Crippen LogP contribution in [0, 0.1) is 6.92 Å². The molecular formula is C10H21O3. The van der Waals surface area contributed by atoms with E-state index in [2.05, 4.69) is 13.8 Å². The van der Waals surface area contributed by atoms with Crippen molar-refractivity contribution in [2.24, 2.45) is 0 Å². The van der Waals surface area contributed by atoms with E-state index in [1.807, 2.05) is 6.92 Å². The van der Waals surface area contributed by atoms with E-state index in [0.717, 1.165) is 19.4 Å². The zero-order chi connectivity index (χ0) is 9.94. The summed E-state index contributed by atoms with van der Waals surface area (Å²) in [4.78, 5) is 0. The van der Waals surface area contributed by atoms with Crippen LogP contribution >= 0.6 is 0 Å². The molecule has 3 heteroatoms. The van der Waals surface area contributed by atoms with Crippen LogP contribution in [-0.4, -0.2) is 32.7 Å². The van der Waals surface area contributed by atoms with Crippen LogP contribution in [0.2, 0.25) is 0 Å². The second-order valence-corrected chi connectivity index (χ2v) is 2.72. The number of ether oxygens (including phenoxy) is 3. The minimum Gasteiger partial charge on any atom is -0.379 e. The Bertz CT molecular complexity index is 96.2. The van der Waals surface area contributed by atoms with E-state index in [1.165, 1.54) is 0 Å². The first-order valence-electron chi connectivity index (χ1n) is 4.95. The third-order valence-electron chi connectivity index (χ3n) is 1.53. The molecule has 0 aliphatic rings. The molecule has 0 aromatic rings. The molecule has 0 rings (SSSR count). The zero-order valence-electron chi connectivity index (χ0n) is 8.75. The number of hydrogen-bond acceptors (Lipinski definition) is 3. The highest BCUT2D eigenvalue weighted by molar-refractivity contribution is 4.44. The van der Waals surface area contributed by atoms with Crippen LogP contribution < -0.4 is 0 Å². The minimum absolute atomic E-state index is 0.361. The number of hydrogen-bond donors (Lipinski definition) is 0. The molecule has 0 amide bonds. The monoisotopic (exact) mass is 189 g/mol. The van der Waals surface area contributed by atoms with E-state index in [9.17, 15) is 0 Å². The Morgan fingerprint density at radius 1 is 1.08 bits per heavy atom. The molecule has 0 aliphatic carbocycles. The van der Waals surface area contributed by atoms with Gasteiger partial charge in [0.25, 0.3) is 0 Å². The molecule has 0 bridgehead atoms. The molecule has 0 aromatic carbocycles. The highest BCUT2D eigenvalue weighted by Crippen LogP contribution is 1.93. The third-order valence-corrected chi connectivity index (χ3v) is 1.53. The summed E-state index contributed by atoms with van der Waals surface area (Å²) in [6.07, 6.45) is 1.91. The normalized spacial score (nSPS) is 13.2. The fraction of sp³-hybridized carbons (Fsp3) is 0.900. The largest absolute Gasteiger partial charge is 0.379 e. The van der Waals surface area contributed by atoms with Crippen molar-refractivity contribution >= 4 is 0 Å². The first kappa shape index (κ1) is 12.9. The molecule has 0 N–H and O–H groups in total. The molecule has 0 spiro atoms. The maximum Gasteiger partial charge on any atom is 0.157 e. The van der Waals surface area contributed by atoms with E-state index >= 15 is 0 Å². The summed E-state index contributed by atoms with van der Waals surface area (Å²) in [6.45, 7) is 10.3. The summed E-state index contributed by atoms with van der Waals surface area (Å²) in [6, 6.07) is 0. The molecule has 0 heterocycles. The SMILES string of the molecule is [CH2]C(OCC)OCCOCCCC. The fourth-order valence-corrected chi connectivity index (χ4v) is 0.821. The lowest BCUT2D eigenvalue weighted by Gasteiger charge is -2.12. The van der Waals surface area contributed by atoms with Gasteiger partial charge in [0.15, 0.2) is 6.29 Å². The highest BCUT2D eigenvalue weighted by Gasteiger charge is 1.98. The van der Waals surface area contributed by atoms with Crippen LogP contribution in [0.25, 0.3) is 0 Å². The summed E-state index contributed by atoms with van der Waals surface area (Å²) in [5.74, 6) is 0. The molecule has 0 saturated carbocycles. The molecule has 0 aromatic heterocycles. The minimum atomic E-state index is -0.361. The van der Waals surface area contributed by atoms with Crippen LogP contribution in [0.5, 0.6) is 0 Å². The van der Waals surface area contributed by atoms with Gasteiger partial charge in [-0.05, 0) is 13.3 Å². The van der Waals surface area contributed by atoms with Gasteiger partial charge in [0.2, 0.25) is 0 Å². The van der Waals surface area contributed by atoms with Gasteiger partial charge in [0.1, 0.15) is 0 Å². The fourth-order valence-electron chi connectivity index (χ4n) is 0.821. The Kier molecular flexibility index (Phi) is 9.87. The molecule has 1 atom stereocenters. The van der Waals surface area contributed by atoms with Gasteiger partial charge in [-0.1, -0.05) is 13.3 Å². The van der Waals surface area contributed by atoms with Gasteiger partial charge in [-0.15, -0.1) is 0 Å². The number of unbranched alkanes of at least 4 members (excludes halogenated alkanes) is 1. The van der Waals surface area contributed by atoms with Crippen LogP contribution in [0.1, 0.15) is 26.7 Å². The molecule has 0 saturated heterocycles.